The fraction of sp³-hybridized carbons (Fsp3) is 0.815. The van der Waals surface area contributed by atoms with Gasteiger partial charge in [-0.05, 0) is 92.8 Å². The smallest absolute Gasteiger partial charge is 0.157 e. The number of hydrogen-bond donors (Lipinski definition) is 1. The molecule has 0 unspecified atom stereocenters. The highest BCUT2D eigenvalue weighted by molar-refractivity contribution is 5.81. The monoisotopic (exact) mass is 453 g/mol. The van der Waals surface area contributed by atoms with Crippen molar-refractivity contribution < 1.29 is 14.6 Å². The van der Waals surface area contributed by atoms with E-state index in [0.717, 1.165) is 56.3 Å². The molecule has 0 amide bonds. The molecule has 6 nitrogen and oxygen atoms in total. The minimum atomic E-state index is -0.633. The van der Waals surface area contributed by atoms with E-state index in [4.69, 9.17) is 10.00 Å². The quantitative estimate of drug-likeness (QED) is 0.716. The molecule has 1 aromatic heterocycles. The number of rotatable bonds is 5. The van der Waals surface area contributed by atoms with Gasteiger partial charge in [0.15, 0.2) is 5.78 Å². The number of nitriles is 1. The molecule has 1 N–H and O–H groups in total. The molecule has 1 heterocycles. The van der Waals surface area contributed by atoms with Gasteiger partial charge in [-0.15, -0.1) is 0 Å². The predicted octanol–water partition coefficient (Wildman–Crippen LogP) is 4.36. The lowest BCUT2D eigenvalue weighted by molar-refractivity contribution is -0.153. The van der Waals surface area contributed by atoms with Crippen molar-refractivity contribution in [2.45, 2.75) is 83.3 Å². The van der Waals surface area contributed by atoms with Crippen LogP contribution >= 0.6 is 0 Å². The standard InChI is InChI=1S/C27H39N3O3/c1-26-10-8-21-20-9-11-27(32,17-33-2)12-19(20)6-7-22(21)23(26)4-3-5-24(26)25(31)16-30-15-18(13-28)14-29-30/h14-15,19-24,32H,3-12,16-17H2,1-2H3/t19-,20+,21-,22-,23+,24-,26+,27-/m1/s1. The van der Waals surface area contributed by atoms with Gasteiger partial charge in [0.05, 0.1) is 30.5 Å². The second-order valence-electron chi connectivity index (χ2n) is 11.9. The highest BCUT2D eigenvalue weighted by Crippen LogP contribution is 2.63. The maximum atomic E-state index is 13.5. The molecular weight excluding hydrogens is 414 g/mol. The third-order valence-electron chi connectivity index (χ3n) is 10.2. The van der Waals surface area contributed by atoms with Crippen LogP contribution in [0.3, 0.4) is 0 Å². The van der Waals surface area contributed by atoms with E-state index in [1.54, 1.807) is 24.2 Å². The Morgan fingerprint density at radius 3 is 2.79 bits per heavy atom. The second-order valence-corrected chi connectivity index (χ2v) is 11.9. The van der Waals surface area contributed by atoms with Gasteiger partial charge in [-0.1, -0.05) is 13.3 Å². The first-order valence-electron chi connectivity index (χ1n) is 13.0. The molecule has 6 heteroatoms. The minimum absolute atomic E-state index is 0.0833. The zero-order valence-corrected chi connectivity index (χ0v) is 20.2. The molecule has 1 aromatic rings. The number of fused-ring (bicyclic) bond motifs is 5. The van der Waals surface area contributed by atoms with Crippen LogP contribution < -0.4 is 0 Å². The van der Waals surface area contributed by atoms with Crippen LogP contribution in [0, 0.1) is 52.3 Å². The van der Waals surface area contributed by atoms with Crippen molar-refractivity contribution in [1.29, 1.82) is 5.26 Å². The summed E-state index contributed by atoms with van der Waals surface area (Å²) in [5.41, 5.74) is -0.0377. The number of carbonyl (C=O) groups excluding carboxylic acids is 1. The van der Waals surface area contributed by atoms with Gasteiger partial charge >= 0.3 is 0 Å². The first kappa shape index (κ1) is 23.1. The molecule has 33 heavy (non-hydrogen) atoms. The minimum Gasteiger partial charge on any atom is -0.387 e. The van der Waals surface area contributed by atoms with Crippen LogP contribution in [0.1, 0.15) is 76.7 Å². The zero-order chi connectivity index (χ0) is 23.2. The van der Waals surface area contributed by atoms with Gasteiger partial charge in [-0.25, -0.2) is 0 Å². The molecule has 0 spiro atoms. The number of aromatic nitrogens is 2. The number of ether oxygens (including phenoxy) is 1. The van der Waals surface area contributed by atoms with Gasteiger partial charge in [-0.2, -0.15) is 10.4 Å². The van der Waals surface area contributed by atoms with Gasteiger partial charge in [0, 0.05) is 19.2 Å². The van der Waals surface area contributed by atoms with E-state index >= 15 is 0 Å². The van der Waals surface area contributed by atoms with E-state index in [2.05, 4.69) is 18.1 Å². The average Bonchev–Trinajstić information content (AvgIpc) is 3.25. The van der Waals surface area contributed by atoms with Gasteiger partial charge in [0.2, 0.25) is 0 Å². The van der Waals surface area contributed by atoms with Gasteiger partial charge in [0.1, 0.15) is 6.07 Å². The first-order valence-corrected chi connectivity index (χ1v) is 13.0. The van der Waals surface area contributed by atoms with Crippen LogP contribution in [0.5, 0.6) is 0 Å². The average molecular weight is 454 g/mol. The molecule has 4 aliphatic rings. The van der Waals surface area contributed by atoms with Crippen LogP contribution in [0.2, 0.25) is 0 Å². The van der Waals surface area contributed by atoms with E-state index in [9.17, 15) is 9.90 Å². The Bertz CT molecular complexity index is 922. The highest BCUT2D eigenvalue weighted by Gasteiger charge is 2.57. The van der Waals surface area contributed by atoms with Crippen molar-refractivity contribution in [3.8, 4) is 6.07 Å². The lowest BCUT2D eigenvalue weighted by atomic mass is 9.44. The Kier molecular flexibility index (Phi) is 6.16. The number of Topliss-reactive ketones (excluding diaryl/α,β-unsaturated/α-hetero) is 1. The Hall–Kier alpha value is -1.71. The van der Waals surface area contributed by atoms with Crippen molar-refractivity contribution in [2.75, 3.05) is 13.7 Å². The number of methoxy groups -OCH3 is 1. The summed E-state index contributed by atoms with van der Waals surface area (Å²) in [5.74, 6) is 3.87. The summed E-state index contributed by atoms with van der Waals surface area (Å²) in [7, 11) is 1.69. The van der Waals surface area contributed by atoms with Crippen molar-refractivity contribution in [2.24, 2.45) is 40.9 Å². The van der Waals surface area contributed by atoms with E-state index < -0.39 is 5.60 Å². The number of carbonyl (C=O) groups is 1. The van der Waals surface area contributed by atoms with E-state index in [1.165, 1.54) is 25.7 Å². The summed E-state index contributed by atoms with van der Waals surface area (Å²) in [6.07, 6.45) is 14.3. The SMILES string of the molecule is COC[C@@]1(O)CC[C@H]2[C@H](CC[C@@H]3[C@@H]2CC[C@]2(C)[C@@H](C(=O)Cn4cc(C#N)cn4)CCC[C@@H]32)C1. The van der Waals surface area contributed by atoms with Crippen LogP contribution in [-0.4, -0.2) is 40.0 Å². The summed E-state index contributed by atoms with van der Waals surface area (Å²) in [6.45, 7) is 3.15. The van der Waals surface area contributed by atoms with Crippen molar-refractivity contribution in [3.63, 3.8) is 0 Å². The van der Waals surface area contributed by atoms with E-state index in [-0.39, 0.29) is 17.9 Å². The number of ketones is 1. The van der Waals surface area contributed by atoms with Crippen LogP contribution in [0.4, 0.5) is 0 Å². The number of aliphatic hydroxyl groups is 1. The molecular formula is C27H39N3O3. The molecule has 0 aliphatic heterocycles. The third-order valence-corrected chi connectivity index (χ3v) is 10.2. The van der Waals surface area contributed by atoms with Gasteiger partial charge in [-0.3, -0.25) is 9.48 Å². The van der Waals surface area contributed by atoms with Gasteiger partial charge < -0.3 is 9.84 Å². The maximum absolute atomic E-state index is 13.5. The summed E-state index contributed by atoms with van der Waals surface area (Å²) < 4.78 is 6.98. The molecule has 0 radical (unpaired) electrons. The molecule has 4 aliphatic carbocycles. The number of hydrogen-bond acceptors (Lipinski definition) is 5. The lowest BCUT2D eigenvalue weighted by Gasteiger charge is -2.60. The summed E-state index contributed by atoms with van der Waals surface area (Å²) >= 11 is 0. The topological polar surface area (TPSA) is 88.1 Å². The molecule has 5 rings (SSSR count). The summed E-state index contributed by atoms with van der Waals surface area (Å²) in [6, 6.07) is 2.10. The van der Waals surface area contributed by atoms with Crippen LogP contribution in [-0.2, 0) is 16.1 Å². The summed E-state index contributed by atoms with van der Waals surface area (Å²) in [4.78, 5) is 13.5. The first-order chi connectivity index (χ1) is 15.9. The zero-order valence-electron chi connectivity index (χ0n) is 20.2. The lowest BCUT2D eigenvalue weighted by Crippen LogP contribution is -2.55. The van der Waals surface area contributed by atoms with Gasteiger partial charge in [0.25, 0.3) is 0 Å². The molecule has 0 bridgehead atoms. The third kappa shape index (κ3) is 4.06. The van der Waals surface area contributed by atoms with Crippen molar-refractivity contribution in [3.05, 3.63) is 18.0 Å². The largest absolute Gasteiger partial charge is 0.387 e. The Morgan fingerprint density at radius 1 is 1.21 bits per heavy atom. The van der Waals surface area contributed by atoms with Crippen LogP contribution in [0.25, 0.3) is 0 Å². The normalized spacial score (nSPS) is 42.5. The Morgan fingerprint density at radius 2 is 2.03 bits per heavy atom. The molecule has 4 saturated carbocycles. The maximum Gasteiger partial charge on any atom is 0.157 e. The second kappa shape index (κ2) is 8.82. The Balaban J connectivity index is 1.30. The molecule has 0 saturated heterocycles. The Labute approximate surface area is 197 Å². The fourth-order valence-electron chi connectivity index (χ4n) is 8.86. The fourth-order valence-corrected chi connectivity index (χ4v) is 8.86. The summed E-state index contributed by atoms with van der Waals surface area (Å²) in [5, 5.41) is 24.3. The highest BCUT2D eigenvalue weighted by atomic mass is 16.5. The van der Waals surface area contributed by atoms with Crippen molar-refractivity contribution in [1.82, 2.24) is 9.78 Å². The molecule has 4 fully saturated rings. The van der Waals surface area contributed by atoms with E-state index in [1.807, 2.05) is 0 Å². The predicted molar refractivity (Wildman–Crippen MR) is 124 cm³/mol. The van der Waals surface area contributed by atoms with E-state index in [0.29, 0.717) is 29.8 Å². The molecule has 180 valence electrons. The van der Waals surface area contributed by atoms with Crippen LogP contribution in [0.15, 0.2) is 12.4 Å². The number of nitrogens with zero attached hydrogens (tertiary/aromatic N) is 3. The molecule has 0 aromatic carbocycles. The molecule has 8 atom stereocenters. The van der Waals surface area contributed by atoms with Crippen molar-refractivity contribution >= 4 is 5.78 Å².